The first-order chi connectivity index (χ1) is 10.2. The molecule has 2 aliphatic rings. The lowest BCUT2D eigenvalue weighted by molar-refractivity contribution is -0.100. The van der Waals surface area contributed by atoms with E-state index in [1.54, 1.807) is 7.11 Å². The van der Waals surface area contributed by atoms with Gasteiger partial charge in [0.05, 0.1) is 9.26 Å². The van der Waals surface area contributed by atoms with Crippen LogP contribution in [-0.2, 0) is 15.1 Å². The predicted molar refractivity (Wildman–Crippen MR) is 89.6 cm³/mol. The second-order valence-corrected chi connectivity index (χ2v) is 6.79. The highest BCUT2D eigenvalue weighted by atomic mass is 127. The van der Waals surface area contributed by atoms with E-state index < -0.39 is 5.60 Å². The van der Waals surface area contributed by atoms with Crippen LogP contribution in [0.3, 0.4) is 0 Å². The number of rotatable bonds is 5. The summed E-state index contributed by atoms with van der Waals surface area (Å²) in [5, 5.41) is 3.37. The minimum atomic E-state index is -0.392. The van der Waals surface area contributed by atoms with E-state index in [0.717, 1.165) is 31.0 Å². The fraction of sp³-hybridized carbons (Fsp3) is 0.733. The lowest BCUT2D eigenvalue weighted by Gasteiger charge is -2.35. The molecule has 1 aromatic heterocycles. The van der Waals surface area contributed by atoms with Gasteiger partial charge in [-0.05, 0) is 42.4 Å². The zero-order valence-electron chi connectivity index (χ0n) is 12.6. The van der Waals surface area contributed by atoms with Crippen molar-refractivity contribution in [3.05, 3.63) is 15.1 Å². The number of halogens is 1. The Bertz CT molecular complexity index is 514. The van der Waals surface area contributed by atoms with E-state index >= 15 is 0 Å². The van der Waals surface area contributed by atoms with Gasteiger partial charge in [0.1, 0.15) is 11.4 Å². The number of anilines is 1. The van der Waals surface area contributed by atoms with Crippen molar-refractivity contribution in [1.82, 2.24) is 9.97 Å². The average molecular weight is 403 g/mol. The molecule has 2 heterocycles. The first kappa shape index (κ1) is 15.4. The van der Waals surface area contributed by atoms with Crippen molar-refractivity contribution in [3.8, 4) is 0 Å². The van der Waals surface area contributed by atoms with E-state index in [1.165, 1.54) is 22.1 Å². The van der Waals surface area contributed by atoms with Crippen LogP contribution in [0.2, 0.25) is 0 Å². The molecule has 1 aliphatic heterocycles. The Hall–Kier alpha value is -0.470. The van der Waals surface area contributed by atoms with Crippen molar-refractivity contribution >= 4 is 28.4 Å². The number of aromatic nitrogens is 2. The van der Waals surface area contributed by atoms with Crippen LogP contribution in [0, 0.1) is 3.57 Å². The summed E-state index contributed by atoms with van der Waals surface area (Å²) in [7, 11) is 1.76. The van der Waals surface area contributed by atoms with Crippen LogP contribution in [0.25, 0.3) is 0 Å². The van der Waals surface area contributed by atoms with Gasteiger partial charge in [-0.25, -0.2) is 9.97 Å². The van der Waals surface area contributed by atoms with E-state index in [2.05, 4.69) is 34.8 Å². The van der Waals surface area contributed by atoms with Crippen molar-refractivity contribution in [2.24, 2.45) is 0 Å². The Labute approximate surface area is 139 Å². The molecule has 1 saturated heterocycles. The highest BCUT2D eigenvalue weighted by Crippen LogP contribution is 2.44. The molecule has 1 N–H and O–H groups in total. The molecule has 6 heteroatoms. The Morgan fingerprint density at radius 1 is 1.33 bits per heavy atom. The van der Waals surface area contributed by atoms with E-state index in [4.69, 9.17) is 19.4 Å². The maximum atomic E-state index is 5.86. The van der Waals surface area contributed by atoms with Crippen molar-refractivity contribution < 1.29 is 9.47 Å². The third-order valence-corrected chi connectivity index (χ3v) is 5.35. The minimum absolute atomic E-state index is 0.392. The summed E-state index contributed by atoms with van der Waals surface area (Å²) in [6, 6.07) is 0. The molecule has 0 atom stereocenters. The molecule has 2 fully saturated rings. The molecular weight excluding hydrogens is 381 g/mol. The molecule has 0 unspecified atom stereocenters. The fourth-order valence-corrected chi connectivity index (χ4v) is 3.67. The molecule has 0 radical (unpaired) electrons. The minimum Gasteiger partial charge on any atom is -0.381 e. The lowest BCUT2D eigenvalue weighted by atomic mass is 9.92. The average Bonchev–Trinajstić information content (AvgIpc) is 3.35. The van der Waals surface area contributed by atoms with Gasteiger partial charge in [0, 0.05) is 45.6 Å². The third kappa shape index (κ3) is 3.03. The molecule has 1 saturated carbocycles. The maximum Gasteiger partial charge on any atom is 0.163 e. The number of methoxy groups -OCH3 is 1. The molecule has 3 rings (SSSR count). The smallest absolute Gasteiger partial charge is 0.163 e. The Morgan fingerprint density at radius 2 is 2.05 bits per heavy atom. The first-order valence-electron chi connectivity index (χ1n) is 7.65. The third-order valence-electron chi connectivity index (χ3n) is 4.28. The van der Waals surface area contributed by atoms with Crippen molar-refractivity contribution in [2.45, 2.75) is 44.1 Å². The van der Waals surface area contributed by atoms with Gasteiger partial charge in [0.15, 0.2) is 5.82 Å². The van der Waals surface area contributed by atoms with Gasteiger partial charge in [0.25, 0.3) is 0 Å². The van der Waals surface area contributed by atoms with Gasteiger partial charge in [-0.2, -0.15) is 0 Å². The van der Waals surface area contributed by atoms with E-state index in [9.17, 15) is 0 Å². The Kier molecular flexibility index (Phi) is 4.66. The number of ether oxygens (including phenoxy) is 2. The number of nitrogens with zero attached hydrogens (tertiary/aromatic N) is 2. The Morgan fingerprint density at radius 3 is 2.62 bits per heavy atom. The van der Waals surface area contributed by atoms with Gasteiger partial charge in [0.2, 0.25) is 0 Å². The zero-order chi connectivity index (χ0) is 14.9. The second-order valence-electron chi connectivity index (χ2n) is 5.71. The quantitative estimate of drug-likeness (QED) is 0.767. The molecule has 0 bridgehead atoms. The molecule has 0 aromatic carbocycles. The number of nitrogens with one attached hydrogen (secondary N) is 1. The SMILES string of the molecule is CCNc1nc(C2(OC)CCOCC2)nc(C2CC2)c1I. The standard InChI is InChI=1S/C15H22IN3O2/c1-3-17-13-11(16)12(10-4-5-10)18-14(19-13)15(20-2)6-8-21-9-7-15/h10H,3-9H2,1-2H3,(H,17,18,19). The summed E-state index contributed by atoms with van der Waals surface area (Å²) in [5.41, 5.74) is 0.801. The molecule has 1 aliphatic carbocycles. The zero-order valence-corrected chi connectivity index (χ0v) is 14.8. The van der Waals surface area contributed by atoms with Crippen LogP contribution in [0.5, 0.6) is 0 Å². The van der Waals surface area contributed by atoms with E-state index in [-0.39, 0.29) is 0 Å². The fourth-order valence-electron chi connectivity index (χ4n) is 2.80. The number of hydrogen-bond acceptors (Lipinski definition) is 5. The van der Waals surface area contributed by atoms with Crippen molar-refractivity contribution in [2.75, 3.05) is 32.2 Å². The molecule has 0 spiro atoms. The molecular formula is C15H22IN3O2. The summed E-state index contributed by atoms with van der Waals surface area (Å²) in [5.74, 6) is 2.38. The van der Waals surface area contributed by atoms with Crippen LogP contribution >= 0.6 is 22.6 Å². The summed E-state index contributed by atoms with van der Waals surface area (Å²) < 4.78 is 12.5. The Balaban J connectivity index is 2.03. The van der Waals surface area contributed by atoms with Crippen LogP contribution in [0.4, 0.5) is 5.82 Å². The monoisotopic (exact) mass is 403 g/mol. The predicted octanol–water partition coefficient (Wildman–Crippen LogP) is 3.04. The van der Waals surface area contributed by atoms with Crippen molar-refractivity contribution in [3.63, 3.8) is 0 Å². The summed E-state index contributed by atoms with van der Waals surface area (Å²) in [4.78, 5) is 9.69. The van der Waals surface area contributed by atoms with Crippen LogP contribution in [0.1, 0.15) is 50.0 Å². The topological polar surface area (TPSA) is 56.3 Å². The summed E-state index contributed by atoms with van der Waals surface area (Å²) in [6.45, 7) is 4.37. The summed E-state index contributed by atoms with van der Waals surface area (Å²) >= 11 is 2.37. The van der Waals surface area contributed by atoms with Gasteiger partial charge in [-0.15, -0.1) is 0 Å². The number of hydrogen-bond donors (Lipinski definition) is 1. The van der Waals surface area contributed by atoms with Crippen molar-refractivity contribution in [1.29, 1.82) is 0 Å². The lowest BCUT2D eigenvalue weighted by Crippen LogP contribution is -2.38. The molecule has 21 heavy (non-hydrogen) atoms. The van der Waals surface area contributed by atoms with Gasteiger partial charge in [-0.1, -0.05) is 0 Å². The molecule has 5 nitrogen and oxygen atoms in total. The van der Waals surface area contributed by atoms with E-state index in [0.29, 0.717) is 19.1 Å². The van der Waals surface area contributed by atoms with Gasteiger partial charge in [-0.3, -0.25) is 0 Å². The van der Waals surface area contributed by atoms with E-state index in [1.807, 2.05) is 0 Å². The van der Waals surface area contributed by atoms with Crippen LogP contribution in [0.15, 0.2) is 0 Å². The summed E-state index contributed by atoms with van der Waals surface area (Å²) in [6.07, 6.45) is 4.11. The highest BCUT2D eigenvalue weighted by Gasteiger charge is 2.39. The highest BCUT2D eigenvalue weighted by molar-refractivity contribution is 14.1. The van der Waals surface area contributed by atoms with Crippen LogP contribution < -0.4 is 5.32 Å². The second kappa shape index (κ2) is 6.34. The largest absolute Gasteiger partial charge is 0.381 e. The normalized spacial score (nSPS) is 21.3. The maximum absolute atomic E-state index is 5.86. The van der Waals surface area contributed by atoms with Gasteiger partial charge >= 0.3 is 0 Å². The first-order valence-corrected chi connectivity index (χ1v) is 8.72. The molecule has 116 valence electrons. The van der Waals surface area contributed by atoms with Gasteiger partial charge < -0.3 is 14.8 Å². The van der Waals surface area contributed by atoms with Crippen LogP contribution in [-0.4, -0.2) is 36.8 Å². The molecule has 1 aromatic rings. The molecule has 0 amide bonds.